The minimum Gasteiger partial charge on any atom is -0.197 e. The zero-order chi connectivity index (χ0) is 10.0. The molecule has 14 heavy (non-hydrogen) atoms. The van der Waals surface area contributed by atoms with Crippen LogP contribution in [0.15, 0.2) is 42.5 Å². The molecular formula is C13H11N. The Labute approximate surface area is 84.0 Å². The molecule has 0 bridgehead atoms. The second kappa shape index (κ2) is 3.16. The number of hydrogen-bond acceptors (Lipinski definition) is 1. The molecule has 0 aliphatic heterocycles. The molecular weight excluding hydrogens is 170 g/mol. The van der Waals surface area contributed by atoms with E-state index in [9.17, 15) is 5.26 Å². The Morgan fingerprint density at radius 3 is 2.79 bits per heavy atom. The van der Waals surface area contributed by atoms with Crippen molar-refractivity contribution >= 4 is 6.08 Å². The first-order chi connectivity index (χ1) is 6.76. The monoisotopic (exact) mass is 181 g/mol. The number of rotatable bonds is 0. The molecule has 0 fully saturated rings. The van der Waals surface area contributed by atoms with Crippen LogP contribution >= 0.6 is 0 Å². The Bertz CT molecular complexity index is 449. The van der Waals surface area contributed by atoms with Gasteiger partial charge in [0.15, 0.2) is 0 Å². The summed E-state index contributed by atoms with van der Waals surface area (Å²) < 4.78 is 0. The number of allylic oxidation sites excluding steroid dienone is 3. The summed E-state index contributed by atoms with van der Waals surface area (Å²) in [4.78, 5) is 0. The van der Waals surface area contributed by atoms with Crippen LogP contribution in [-0.2, 0) is 5.41 Å². The summed E-state index contributed by atoms with van der Waals surface area (Å²) in [5.74, 6) is 0. The topological polar surface area (TPSA) is 23.8 Å². The van der Waals surface area contributed by atoms with Crippen molar-refractivity contribution in [2.24, 2.45) is 0 Å². The molecule has 0 radical (unpaired) electrons. The number of benzene rings is 1. The SMILES string of the molecule is CC1(C#N)C=CC=Cc2ccccc21. The van der Waals surface area contributed by atoms with E-state index in [0.717, 1.165) is 11.1 Å². The Hall–Kier alpha value is -1.81. The molecule has 1 atom stereocenters. The molecule has 1 nitrogen and oxygen atoms in total. The lowest BCUT2D eigenvalue weighted by atomic mass is 9.82. The van der Waals surface area contributed by atoms with E-state index in [4.69, 9.17) is 0 Å². The molecule has 0 heterocycles. The van der Waals surface area contributed by atoms with Crippen molar-refractivity contribution < 1.29 is 0 Å². The van der Waals surface area contributed by atoms with Crippen molar-refractivity contribution in [3.05, 3.63) is 53.6 Å². The van der Waals surface area contributed by atoms with Crippen LogP contribution in [0.2, 0.25) is 0 Å². The third-order valence-corrected chi connectivity index (χ3v) is 2.57. The lowest BCUT2D eigenvalue weighted by Crippen LogP contribution is -2.16. The largest absolute Gasteiger partial charge is 0.197 e. The van der Waals surface area contributed by atoms with Crippen LogP contribution in [0.1, 0.15) is 18.1 Å². The van der Waals surface area contributed by atoms with E-state index in [2.05, 4.69) is 6.07 Å². The lowest BCUT2D eigenvalue weighted by molar-refractivity contribution is 0.774. The minimum absolute atomic E-state index is 0.500. The van der Waals surface area contributed by atoms with Crippen LogP contribution in [0.4, 0.5) is 0 Å². The summed E-state index contributed by atoms with van der Waals surface area (Å²) in [5, 5.41) is 9.19. The van der Waals surface area contributed by atoms with Gasteiger partial charge in [0.1, 0.15) is 0 Å². The normalized spacial score (nSPS) is 23.7. The van der Waals surface area contributed by atoms with Gasteiger partial charge in [-0.15, -0.1) is 0 Å². The van der Waals surface area contributed by atoms with Crippen molar-refractivity contribution in [1.29, 1.82) is 5.26 Å². The van der Waals surface area contributed by atoms with E-state index in [1.807, 2.05) is 55.5 Å². The second-order valence-electron chi connectivity index (χ2n) is 3.62. The van der Waals surface area contributed by atoms with Gasteiger partial charge in [-0.25, -0.2) is 0 Å². The highest BCUT2D eigenvalue weighted by molar-refractivity contribution is 5.62. The second-order valence-corrected chi connectivity index (χ2v) is 3.62. The molecule has 0 saturated heterocycles. The van der Waals surface area contributed by atoms with E-state index in [0.29, 0.717) is 0 Å². The number of fused-ring (bicyclic) bond motifs is 1. The number of hydrogen-bond donors (Lipinski definition) is 0. The summed E-state index contributed by atoms with van der Waals surface area (Å²) in [6.45, 7) is 1.94. The van der Waals surface area contributed by atoms with Crippen LogP contribution in [0.25, 0.3) is 6.08 Å². The Morgan fingerprint density at radius 1 is 1.21 bits per heavy atom. The van der Waals surface area contributed by atoms with E-state index in [1.54, 1.807) is 0 Å². The molecule has 0 spiro atoms. The molecule has 0 saturated carbocycles. The third-order valence-electron chi connectivity index (χ3n) is 2.57. The maximum atomic E-state index is 9.19. The van der Waals surface area contributed by atoms with Gasteiger partial charge in [-0.1, -0.05) is 48.6 Å². The van der Waals surface area contributed by atoms with E-state index in [-0.39, 0.29) is 0 Å². The van der Waals surface area contributed by atoms with Crippen LogP contribution in [0, 0.1) is 11.3 Å². The summed E-state index contributed by atoms with van der Waals surface area (Å²) in [7, 11) is 0. The predicted molar refractivity (Wildman–Crippen MR) is 57.6 cm³/mol. The Morgan fingerprint density at radius 2 is 2.00 bits per heavy atom. The fraction of sp³-hybridized carbons (Fsp3) is 0.154. The van der Waals surface area contributed by atoms with Crippen LogP contribution in [0.5, 0.6) is 0 Å². The zero-order valence-corrected chi connectivity index (χ0v) is 8.07. The van der Waals surface area contributed by atoms with Crippen molar-refractivity contribution in [1.82, 2.24) is 0 Å². The molecule has 1 aromatic carbocycles. The van der Waals surface area contributed by atoms with Gasteiger partial charge < -0.3 is 0 Å². The molecule has 0 aromatic heterocycles. The molecule has 0 N–H and O–H groups in total. The molecule has 1 unspecified atom stereocenters. The van der Waals surface area contributed by atoms with Crippen LogP contribution in [0.3, 0.4) is 0 Å². The first kappa shape index (κ1) is 8.77. The molecule has 1 aliphatic carbocycles. The molecule has 2 rings (SSSR count). The highest BCUT2D eigenvalue weighted by atomic mass is 14.3. The fourth-order valence-electron chi connectivity index (χ4n) is 1.71. The Kier molecular flexibility index (Phi) is 1.98. The van der Waals surface area contributed by atoms with Gasteiger partial charge in [-0.2, -0.15) is 5.26 Å². The maximum absolute atomic E-state index is 9.19. The van der Waals surface area contributed by atoms with Crippen molar-refractivity contribution in [2.75, 3.05) is 0 Å². The summed E-state index contributed by atoms with van der Waals surface area (Å²) in [6.07, 6.45) is 7.88. The predicted octanol–water partition coefficient (Wildman–Crippen LogP) is 3.05. The maximum Gasteiger partial charge on any atom is 0.0983 e. The summed E-state index contributed by atoms with van der Waals surface area (Å²) >= 11 is 0. The zero-order valence-electron chi connectivity index (χ0n) is 8.07. The van der Waals surface area contributed by atoms with E-state index < -0.39 is 5.41 Å². The number of nitriles is 1. The highest BCUT2D eigenvalue weighted by Gasteiger charge is 2.25. The van der Waals surface area contributed by atoms with Gasteiger partial charge >= 0.3 is 0 Å². The fourth-order valence-corrected chi connectivity index (χ4v) is 1.71. The average Bonchev–Trinajstić information content (AvgIpc) is 2.40. The van der Waals surface area contributed by atoms with Gasteiger partial charge in [-0.3, -0.25) is 0 Å². The van der Waals surface area contributed by atoms with E-state index >= 15 is 0 Å². The highest BCUT2D eigenvalue weighted by Crippen LogP contribution is 2.30. The minimum atomic E-state index is -0.500. The van der Waals surface area contributed by atoms with Crippen LogP contribution in [-0.4, -0.2) is 0 Å². The van der Waals surface area contributed by atoms with Crippen molar-refractivity contribution in [3.8, 4) is 6.07 Å². The average molecular weight is 181 g/mol. The quantitative estimate of drug-likeness (QED) is 0.603. The van der Waals surface area contributed by atoms with Gasteiger partial charge in [0.05, 0.1) is 11.5 Å². The lowest BCUT2D eigenvalue weighted by Gasteiger charge is -2.18. The molecule has 0 amide bonds. The molecule has 1 heteroatoms. The molecule has 1 aliphatic rings. The first-order valence-corrected chi connectivity index (χ1v) is 4.63. The van der Waals surface area contributed by atoms with Gasteiger partial charge in [0, 0.05) is 0 Å². The van der Waals surface area contributed by atoms with Gasteiger partial charge in [0.25, 0.3) is 0 Å². The van der Waals surface area contributed by atoms with Gasteiger partial charge in [0.2, 0.25) is 0 Å². The van der Waals surface area contributed by atoms with Gasteiger partial charge in [-0.05, 0) is 18.1 Å². The number of nitrogens with zero attached hydrogens (tertiary/aromatic N) is 1. The van der Waals surface area contributed by atoms with Crippen molar-refractivity contribution in [2.45, 2.75) is 12.3 Å². The first-order valence-electron chi connectivity index (χ1n) is 4.63. The molecule has 1 aromatic rings. The molecule has 68 valence electrons. The Balaban J connectivity index is 2.69. The summed E-state index contributed by atoms with van der Waals surface area (Å²) in [5.41, 5.74) is 1.70. The standard InChI is InChI=1S/C13H11N/c1-13(10-14)9-5-4-7-11-6-2-3-8-12(11)13/h2-9H,1H3. The van der Waals surface area contributed by atoms with Crippen molar-refractivity contribution in [3.63, 3.8) is 0 Å². The van der Waals surface area contributed by atoms with Crippen LogP contribution < -0.4 is 0 Å². The smallest absolute Gasteiger partial charge is 0.0983 e. The van der Waals surface area contributed by atoms with E-state index in [1.165, 1.54) is 0 Å². The summed E-state index contributed by atoms with van der Waals surface area (Å²) in [6, 6.07) is 10.4. The third kappa shape index (κ3) is 1.25.